The van der Waals surface area contributed by atoms with E-state index in [1.807, 2.05) is 53.2 Å². The van der Waals surface area contributed by atoms with Crippen molar-refractivity contribution in [1.29, 1.82) is 0 Å². The van der Waals surface area contributed by atoms with E-state index in [0.29, 0.717) is 12.2 Å². The molecule has 7 nitrogen and oxygen atoms in total. The highest BCUT2D eigenvalue weighted by atomic mass is 16.2. The zero-order chi connectivity index (χ0) is 17.2. The molecule has 1 saturated heterocycles. The Kier molecular flexibility index (Phi) is 4.23. The summed E-state index contributed by atoms with van der Waals surface area (Å²) < 4.78 is 2.05. The van der Waals surface area contributed by atoms with Crippen LogP contribution in [0.2, 0.25) is 0 Å². The monoisotopic (exact) mass is 338 g/mol. The summed E-state index contributed by atoms with van der Waals surface area (Å²) in [6.07, 6.45) is 4.75. The third-order valence-corrected chi connectivity index (χ3v) is 4.83. The number of benzene rings is 1. The molecule has 0 saturated carbocycles. The maximum atomic E-state index is 12.9. The third-order valence-electron chi connectivity index (χ3n) is 4.83. The molecule has 1 amide bonds. The fourth-order valence-electron chi connectivity index (χ4n) is 3.36. The third kappa shape index (κ3) is 3.15. The SMILES string of the molecule is Cn1ccnc1CN1CCCN(C(=O)c2n[nH]c3ccccc23)CC1. The van der Waals surface area contributed by atoms with Gasteiger partial charge in [-0.2, -0.15) is 5.10 Å². The van der Waals surface area contributed by atoms with Gasteiger partial charge in [0.25, 0.3) is 5.91 Å². The fraction of sp³-hybridized carbons (Fsp3) is 0.389. The van der Waals surface area contributed by atoms with Crippen LogP contribution in [-0.2, 0) is 13.6 Å². The van der Waals surface area contributed by atoms with Gasteiger partial charge in [0.1, 0.15) is 5.82 Å². The van der Waals surface area contributed by atoms with Gasteiger partial charge in [-0.25, -0.2) is 4.98 Å². The number of fused-ring (bicyclic) bond motifs is 1. The topological polar surface area (TPSA) is 70.1 Å². The van der Waals surface area contributed by atoms with E-state index in [2.05, 4.69) is 20.1 Å². The Balaban J connectivity index is 1.45. The Labute approximate surface area is 146 Å². The van der Waals surface area contributed by atoms with Crippen LogP contribution in [0.25, 0.3) is 10.9 Å². The first kappa shape index (κ1) is 15.8. The molecule has 1 N–H and O–H groups in total. The minimum absolute atomic E-state index is 0.0105. The number of aromatic amines is 1. The van der Waals surface area contributed by atoms with Gasteiger partial charge in [0.15, 0.2) is 5.69 Å². The molecule has 0 atom stereocenters. The van der Waals surface area contributed by atoms with Gasteiger partial charge < -0.3 is 9.47 Å². The van der Waals surface area contributed by atoms with Gasteiger partial charge in [-0.3, -0.25) is 14.8 Å². The number of rotatable bonds is 3. The van der Waals surface area contributed by atoms with Crippen molar-refractivity contribution in [3.8, 4) is 0 Å². The van der Waals surface area contributed by atoms with Crippen LogP contribution in [0, 0.1) is 0 Å². The zero-order valence-corrected chi connectivity index (χ0v) is 14.4. The number of aromatic nitrogens is 4. The number of amides is 1. The molecule has 1 aliphatic rings. The number of aryl methyl sites for hydroxylation is 1. The lowest BCUT2D eigenvalue weighted by Crippen LogP contribution is -2.35. The van der Waals surface area contributed by atoms with Gasteiger partial charge in [0.05, 0.1) is 12.1 Å². The summed E-state index contributed by atoms with van der Waals surface area (Å²) in [4.78, 5) is 21.6. The summed E-state index contributed by atoms with van der Waals surface area (Å²) in [5, 5.41) is 8.09. The molecule has 0 radical (unpaired) electrons. The number of carbonyl (C=O) groups excluding carboxylic acids is 1. The molecule has 25 heavy (non-hydrogen) atoms. The van der Waals surface area contributed by atoms with Crippen molar-refractivity contribution in [2.75, 3.05) is 26.2 Å². The average molecular weight is 338 g/mol. The Hall–Kier alpha value is -2.67. The Morgan fingerprint density at radius 3 is 2.92 bits per heavy atom. The number of imidazole rings is 1. The van der Waals surface area contributed by atoms with E-state index in [0.717, 1.165) is 49.3 Å². The average Bonchev–Trinajstić information content (AvgIpc) is 3.15. The highest BCUT2D eigenvalue weighted by Crippen LogP contribution is 2.18. The second-order valence-electron chi connectivity index (χ2n) is 6.49. The van der Waals surface area contributed by atoms with Crippen molar-refractivity contribution >= 4 is 16.8 Å². The number of hydrogen-bond acceptors (Lipinski definition) is 4. The maximum absolute atomic E-state index is 12.9. The lowest BCUT2D eigenvalue weighted by atomic mass is 10.2. The highest BCUT2D eigenvalue weighted by Gasteiger charge is 2.24. The molecule has 3 heterocycles. The Bertz CT molecular complexity index is 882. The molecule has 0 bridgehead atoms. The number of carbonyl (C=O) groups is 1. The molecule has 0 aliphatic carbocycles. The summed E-state index contributed by atoms with van der Waals surface area (Å²) in [7, 11) is 2.01. The predicted molar refractivity (Wildman–Crippen MR) is 95.1 cm³/mol. The minimum Gasteiger partial charge on any atom is -0.337 e. The molecule has 0 spiro atoms. The molecule has 0 unspecified atom stereocenters. The van der Waals surface area contributed by atoms with Crippen LogP contribution in [0.5, 0.6) is 0 Å². The number of nitrogens with zero attached hydrogens (tertiary/aromatic N) is 5. The quantitative estimate of drug-likeness (QED) is 0.788. The molecule has 1 fully saturated rings. The van der Waals surface area contributed by atoms with Crippen molar-refractivity contribution in [3.63, 3.8) is 0 Å². The van der Waals surface area contributed by atoms with E-state index in [9.17, 15) is 4.79 Å². The Morgan fingerprint density at radius 1 is 1.20 bits per heavy atom. The van der Waals surface area contributed by atoms with Crippen molar-refractivity contribution in [2.24, 2.45) is 7.05 Å². The predicted octanol–water partition coefficient (Wildman–Crippen LogP) is 1.64. The summed E-state index contributed by atoms with van der Waals surface area (Å²) in [5.74, 6) is 1.06. The summed E-state index contributed by atoms with van der Waals surface area (Å²) in [5.41, 5.74) is 1.42. The molecule has 2 aromatic heterocycles. The van der Waals surface area contributed by atoms with Gasteiger partial charge in [-0.1, -0.05) is 18.2 Å². The van der Waals surface area contributed by atoms with Crippen LogP contribution in [0.1, 0.15) is 22.7 Å². The summed E-state index contributed by atoms with van der Waals surface area (Å²) in [6, 6.07) is 7.76. The highest BCUT2D eigenvalue weighted by molar-refractivity contribution is 6.04. The second kappa shape index (κ2) is 6.68. The van der Waals surface area contributed by atoms with E-state index in [1.165, 1.54) is 0 Å². The zero-order valence-electron chi connectivity index (χ0n) is 14.4. The van der Waals surface area contributed by atoms with Crippen LogP contribution in [-0.4, -0.2) is 61.6 Å². The molecular formula is C18H22N6O. The van der Waals surface area contributed by atoms with E-state index < -0.39 is 0 Å². The molecule has 1 aromatic carbocycles. The van der Waals surface area contributed by atoms with Crippen LogP contribution >= 0.6 is 0 Å². The van der Waals surface area contributed by atoms with Crippen molar-refractivity contribution < 1.29 is 4.79 Å². The normalized spacial score (nSPS) is 16.3. The second-order valence-corrected chi connectivity index (χ2v) is 6.49. The van der Waals surface area contributed by atoms with Crippen molar-refractivity contribution in [2.45, 2.75) is 13.0 Å². The fourth-order valence-corrected chi connectivity index (χ4v) is 3.36. The van der Waals surface area contributed by atoms with E-state index >= 15 is 0 Å². The van der Waals surface area contributed by atoms with Crippen LogP contribution < -0.4 is 0 Å². The van der Waals surface area contributed by atoms with Crippen molar-refractivity contribution in [1.82, 2.24) is 29.5 Å². The van der Waals surface area contributed by atoms with Crippen LogP contribution in [0.4, 0.5) is 0 Å². The molecular weight excluding hydrogens is 316 g/mol. The van der Waals surface area contributed by atoms with Gasteiger partial charge in [-0.15, -0.1) is 0 Å². The largest absolute Gasteiger partial charge is 0.337 e. The number of H-pyrrole nitrogens is 1. The number of para-hydroxylation sites is 1. The first-order valence-corrected chi connectivity index (χ1v) is 8.63. The van der Waals surface area contributed by atoms with Gasteiger partial charge in [0, 0.05) is 51.0 Å². The lowest BCUT2D eigenvalue weighted by Gasteiger charge is -2.21. The molecule has 4 rings (SSSR count). The van der Waals surface area contributed by atoms with Gasteiger partial charge in [0.2, 0.25) is 0 Å². The first-order valence-electron chi connectivity index (χ1n) is 8.63. The standard InChI is InChI=1S/C18H22N6O/c1-22-10-7-19-16(22)13-23-8-4-9-24(12-11-23)18(25)17-14-5-2-3-6-15(14)20-21-17/h2-3,5-7,10H,4,8-9,11-13H2,1H3,(H,20,21). The van der Waals surface area contributed by atoms with E-state index in [1.54, 1.807) is 0 Å². The van der Waals surface area contributed by atoms with E-state index in [-0.39, 0.29) is 5.91 Å². The van der Waals surface area contributed by atoms with E-state index in [4.69, 9.17) is 0 Å². The van der Waals surface area contributed by atoms with Crippen LogP contribution in [0.3, 0.4) is 0 Å². The summed E-state index contributed by atoms with van der Waals surface area (Å²) >= 11 is 0. The molecule has 1 aliphatic heterocycles. The molecule has 7 heteroatoms. The molecule has 130 valence electrons. The van der Waals surface area contributed by atoms with Gasteiger partial charge in [-0.05, 0) is 12.5 Å². The lowest BCUT2D eigenvalue weighted by molar-refractivity contribution is 0.0757. The number of hydrogen-bond donors (Lipinski definition) is 1. The van der Waals surface area contributed by atoms with Crippen LogP contribution in [0.15, 0.2) is 36.7 Å². The molecule has 3 aromatic rings. The smallest absolute Gasteiger partial charge is 0.275 e. The first-order chi connectivity index (χ1) is 12.2. The minimum atomic E-state index is 0.0105. The number of nitrogens with one attached hydrogen (secondary N) is 1. The summed E-state index contributed by atoms with van der Waals surface area (Å²) in [6.45, 7) is 4.11. The van der Waals surface area contributed by atoms with Crippen molar-refractivity contribution in [3.05, 3.63) is 48.2 Å². The Morgan fingerprint density at radius 2 is 2.08 bits per heavy atom. The van der Waals surface area contributed by atoms with Gasteiger partial charge >= 0.3 is 0 Å². The maximum Gasteiger partial charge on any atom is 0.275 e.